The Morgan fingerprint density at radius 2 is 2.07 bits per heavy atom. The largest absolute Gasteiger partial charge is 0.479 e. The van der Waals surface area contributed by atoms with E-state index in [1.165, 1.54) is 5.56 Å². The smallest absolute Gasteiger partial charge is 0.219 e. The highest BCUT2D eigenvalue weighted by atomic mass is 32.2. The number of rotatable bonds is 4. The number of thiocarbonyl (C=S) groups is 1. The van der Waals surface area contributed by atoms with Crippen molar-refractivity contribution in [3.8, 4) is 0 Å². The van der Waals surface area contributed by atoms with Gasteiger partial charge in [0.1, 0.15) is 0 Å². The first kappa shape index (κ1) is 11.5. The van der Waals surface area contributed by atoms with Crippen molar-refractivity contribution in [1.82, 2.24) is 0 Å². The fraction of sp³-hybridized carbons (Fsp3) is 0.364. The molecule has 76 valence electrons. The minimum atomic E-state index is 0.656. The number of benzene rings is 1. The summed E-state index contributed by atoms with van der Waals surface area (Å²) in [5.74, 6) is 0.989. The lowest BCUT2D eigenvalue weighted by Crippen LogP contribution is -1.98. The predicted octanol–water partition coefficient (Wildman–Crippen LogP) is 3.28. The molecule has 0 aliphatic heterocycles. The van der Waals surface area contributed by atoms with Gasteiger partial charge in [0.2, 0.25) is 4.38 Å². The Morgan fingerprint density at radius 1 is 1.36 bits per heavy atom. The van der Waals surface area contributed by atoms with Crippen molar-refractivity contribution in [1.29, 1.82) is 0 Å². The fourth-order valence-electron chi connectivity index (χ4n) is 1.06. The van der Waals surface area contributed by atoms with Crippen LogP contribution in [0.15, 0.2) is 30.3 Å². The zero-order valence-electron chi connectivity index (χ0n) is 8.23. The zero-order valence-corrected chi connectivity index (χ0v) is 9.87. The number of ether oxygens (including phenoxy) is 1. The maximum absolute atomic E-state index is 5.17. The highest BCUT2D eigenvalue weighted by Gasteiger charge is 1.97. The molecule has 14 heavy (non-hydrogen) atoms. The van der Waals surface area contributed by atoms with Gasteiger partial charge in [0, 0.05) is 5.75 Å². The van der Waals surface area contributed by atoms with Crippen LogP contribution in [0.5, 0.6) is 0 Å². The lowest BCUT2D eigenvalue weighted by Gasteiger charge is -2.03. The summed E-state index contributed by atoms with van der Waals surface area (Å²) in [7, 11) is 0. The average molecular weight is 226 g/mol. The van der Waals surface area contributed by atoms with E-state index in [0.717, 1.165) is 12.2 Å². The van der Waals surface area contributed by atoms with E-state index in [1.807, 2.05) is 13.0 Å². The summed E-state index contributed by atoms with van der Waals surface area (Å²) in [5.41, 5.74) is 1.35. The molecule has 3 heteroatoms. The van der Waals surface area contributed by atoms with Crippen molar-refractivity contribution in [2.75, 3.05) is 12.4 Å². The van der Waals surface area contributed by atoms with Crippen molar-refractivity contribution < 1.29 is 4.74 Å². The third kappa shape index (κ3) is 4.63. The molecule has 0 amide bonds. The molecule has 0 spiro atoms. The summed E-state index contributed by atoms with van der Waals surface area (Å²) in [5, 5.41) is 0. The SMILES string of the molecule is CCOC(=S)SCCc1ccccc1. The van der Waals surface area contributed by atoms with Gasteiger partial charge in [-0.1, -0.05) is 42.1 Å². The van der Waals surface area contributed by atoms with E-state index in [9.17, 15) is 0 Å². The molecule has 0 saturated carbocycles. The van der Waals surface area contributed by atoms with Crippen molar-refractivity contribution in [3.63, 3.8) is 0 Å². The van der Waals surface area contributed by atoms with Gasteiger partial charge in [-0.15, -0.1) is 0 Å². The molecular weight excluding hydrogens is 212 g/mol. The Balaban J connectivity index is 2.19. The first-order chi connectivity index (χ1) is 6.83. The molecule has 1 nitrogen and oxygen atoms in total. The molecule has 0 fully saturated rings. The van der Waals surface area contributed by atoms with Crippen LogP contribution in [0.1, 0.15) is 12.5 Å². The fourth-order valence-corrected chi connectivity index (χ4v) is 2.13. The van der Waals surface area contributed by atoms with E-state index >= 15 is 0 Å². The average Bonchev–Trinajstić information content (AvgIpc) is 2.20. The topological polar surface area (TPSA) is 9.23 Å². The lowest BCUT2D eigenvalue weighted by atomic mass is 10.2. The minimum absolute atomic E-state index is 0.656. The van der Waals surface area contributed by atoms with Crippen molar-refractivity contribution in [3.05, 3.63) is 35.9 Å². The third-order valence-corrected chi connectivity index (χ3v) is 2.95. The van der Waals surface area contributed by atoms with Gasteiger partial charge in [-0.3, -0.25) is 0 Å². The van der Waals surface area contributed by atoms with Crippen LogP contribution < -0.4 is 0 Å². The Bertz CT molecular complexity index is 272. The molecule has 0 bridgehead atoms. The van der Waals surface area contributed by atoms with Crippen molar-refractivity contribution >= 4 is 28.4 Å². The molecule has 0 unspecified atom stereocenters. The number of thioether (sulfide) groups is 1. The highest BCUT2D eigenvalue weighted by molar-refractivity contribution is 8.22. The van der Waals surface area contributed by atoms with Gasteiger partial charge in [-0.05, 0) is 31.1 Å². The van der Waals surface area contributed by atoms with Crippen LogP contribution in [-0.2, 0) is 11.2 Å². The second-order valence-electron chi connectivity index (χ2n) is 2.77. The molecule has 1 aromatic carbocycles. The van der Waals surface area contributed by atoms with E-state index in [1.54, 1.807) is 11.8 Å². The molecule has 1 rings (SSSR count). The second kappa shape index (κ2) is 6.85. The normalized spacial score (nSPS) is 9.79. The van der Waals surface area contributed by atoms with Crippen LogP contribution in [0.4, 0.5) is 0 Å². The van der Waals surface area contributed by atoms with Gasteiger partial charge in [0.15, 0.2) is 0 Å². The summed E-state index contributed by atoms with van der Waals surface area (Å²) in [6.45, 7) is 2.61. The summed E-state index contributed by atoms with van der Waals surface area (Å²) < 4.78 is 5.83. The quantitative estimate of drug-likeness (QED) is 0.729. The summed E-state index contributed by atoms with van der Waals surface area (Å²) in [4.78, 5) is 0. The van der Waals surface area contributed by atoms with Crippen LogP contribution in [0.2, 0.25) is 0 Å². The first-order valence-electron chi connectivity index (χ1n) is 4.66. The molecular formula is C11H14OS2. The van der Waals surface area contributed by atoms with E-state index in [0.29, 0.717) is 11.0 Å². The van der Waals surface area contributed by atoms with E-state index in [4.69, 9.17) is 17.0 Å². The summed E-state index contributed by atoms with van der Waals surface area (Å²) in [6.07, 6.45) is 1.04. The van der Waals surface area contributed by atoms with Gasteiger partial charge in [-0.2, -0.15) is 0 Å². The lowest BCUT2D eigenvalue weighted by molar-refractivity contribution is 0.346. The molecule has 0 atom stereocenters. The van der Waals surface area contributed by atoms with Crippen LogP contribution in [0.3, 0.4) is 0 Å². The molecule has 0 aromatic heterocycles. The summed E-state index contributed by atoms with van der Waals surface area (Å²) >= 11 is 6.61. The highest BCUT2D eigenvalue weighted by Crippen LogP contribution is 2.09. The first-order valence-corrected chi connectivity index (χ1v) is 6.05. The van der Waals surface area contributed by atoms with Crippen molar-refractivity contribution in [2.24, 2.45) is 0 Å². The standard InChI is InChI=1S/C11H14OS2/c1-2-12-11(13)14-9-8-10-6-4-3-5-7-10/h3-7H,2,8-9H2,1H3. The second-order valence-corrected chi connectivity index (χ2v) is 4.46. The van der Waals surface area contributed by atoms with Crippen LogP contribution in [0.25, 0.3) is 0 Å². The Hall–Kier alpha value is -0.540. The van der Waals surface area contributed by atoms with Gasteiger partial charge >= 0.3 is 0 Å². The maximum atomic E-state index is 5.17. The van der Waals surface area contributed by atoms with Crippen LogP contribution >= 0.6 is 24.0 Å². The third-order valence-electron chi connectivity index (χ3n) is 1.72. The predicted molar refractivity (Wildman–Crippen MR) is 66.8 cm³/mol. The molecule has 0 N–H and O–H groups in total. The Labute approximate surface area is 94.9 Å². The van der Waals surface area contributed by atoms with Crippen LogP contribution in [-0.4, -0.2) is 16.7 Å². The molecule has 0 heterocycles. The van der Waals surface area contributed by atoms with E-state index in [-0.39, 0.29) is 0 Å². The van der Waals surface area contributed by atoms with Gasteiger partial charge < -0.3 is 4.74 Å². The van der Waals surface area contributed by atoms with Gasteiger partial charge in [0.25, 0.3) is 0 Å². The molecule has 0 aliphatic carbocycles. The van der Waals surface area contributed by atoms with Gasteiger partial charge in [0.05, 0.1) is 6.61 Å². The van der Waals surface area contributed by atoms with Crippen molar-refractivity contribution in [2.45, 2.75) is 13.3 Å². The number of hydrogen-bond acceptors (Lipinski definition) is 3. The minimum Gasteiger partial charge on any atom is -0.479 e. The number of aryl methyl sites for hydroxylation is 1. The monoisotopic (exact) mass is 226 g/mol. The maximum Gasteiger partial charge on any atom is 0.219 e. The van der Waals surface area contributed by atoms with Crippen LogP contribution in [0, 0.1) is 0 Å². The van der Waals surface area contributed by atoms with Gasteiger partial charge in [-0.25, -0.2) is 0 Å². The molecule has 0 aliphatic rings. The Kier molecular flexibility index (Phi) is 5.64. The molecule has 0 saturated heterocycles. The van der Waals surface area contributed by atoms with E-state index < -0.39 is 0 Å². The molecule has 1 aromatic rings. The van der Waals surface area contributed by atoms with E-state index in [2.05, 4.69) is 24.3 Å². The Morgan fingerprint density at radius 3 is 2.71 bits per heavy atom. The number of hydrogen-bond donors (Lipinski definition) is 0. The summed E-state index contributed by atoms with van der Waals surface area (Å²) in [6, 6.07) is 10.4. The molecule has 0 radical (unpaired) electrons. The zero-order chi connectivity index (χ0) is 10.2.